The summed E-state index contributed by atoms with van der Waals surface area (Å²) >= 11 is 0. The van der Waals surface area contributed by atoms with Crippen molar-refractivity contribution in [3.8, 4) is 0 Å². The minimum atomic E-state index is -4.79. The number of alkyl halides is 3. The SMILES string of the molecule is C=C(C)C(OC(=O)Nc1ccc(C(F)(F)F)cc1[N+](=O)[O-])C(=O)OC. The Balaban J connectivity index is 3.05. The highest BCUT2D eigenvalue weighted by molar-refractivity contribution is 5.90. The van der Waals surface area contributed by atoms with E-state index in [0.717, 1.165) is 7.11 Å². The van der Waals surface area contributed by atoms with Gasteiger partial charge in [0.05, 0.1) is 17.6 Å². The van der Waals surface area contributed by atoms with Crippen molar-refractivity contribution in [2.45, 2.75) is 19.2 Å². The lowest BCUT2D eigenvalue weighted by Crippen LogP contribution is -2.31. The fourth-order valence-electron chi connectivity index (χ4n) is 1.67. The third-order valence-corrected chi connectivity index (χ3v) is 2.85. The number of nitro groups is 1. The van der Waals surface area contributed by atoms with Crippen molar-refractivity contribution in [2.24, 2.45) is 0 Å². The molecule has 136 valence electrons. The maximum Gasteiger partial charge on any atom is 0.416 e. The molecule has 1 aromatic carbocycles. The normalized spacial score (nSPS) is 12.0. The Bertz CT molecular complexity index is 717. The first-order valence-corrected chi connectivity index (χ1v) is 6.54. The molecule has 1 aromatic rings. The monoisotopic (exact) mass is 362 g/mol. The third kappa shape index (κ3) is 5.19. The van der Waals surface area contributed by atoms with Gasteiger partial charge in [-0.15, -0.1) is 0 Å². The molecule has 1 atom stereocenters. The summed E-state index contributed by atoms with van der Waals surface area (Å²) in [4.78, 5) is 33.1. The predicted molar refractivity (Wildman–Crippen MR) is 78.8 cm³/mol. The molecule has 1 amide bonds. The molecule has 0 fully saturated rings. The van der Waals surface area contributed by atoms with Gasteiger partial charge in [-0.2, -0.15) is 13.2 Å². The largest absolute Gasteiger partial charge is 0.466 e. The van der Waals surface area contributed by atoms with E-state index in [9.17, 15) is 32.9 Å². The van der Waals surface area contributed by atoms with Crippen LogP contribution in [0.15, 0.2) is 30.4 Å². The van der Waals surface area contributed by atoms with Crippen molar-refractivity contribution >= 4 is 23.4 Å². The molecule has 0 saturated carbocycles. The van der Waals surface area contributed by atoms with E-state index < -0.39 is 46.2 Å². The Morgan fingerprint density at radius 3 is 2.40 bits per heavy atom. The van der Waals surface area contributed by atoms with E-state index in [1.165, 1.54) is 6.92 Å². The number of ether oxygens (including phenoxy) is 2. The molecule has 1 rings (SSSR count). The lowest BCUT2D eigenvalue weighted by molar-refractivity contribution is -0.384. The lowest BCUT2D eigenvalue weighted by atomic mass is 10.1. The van der Waals surface area contributed by atoms with Crippen LogP contribution >= 0.6 is 0 Å². The quantitative estimate of drug-likeness (QED) is 0.373. The van der Waals surface area contributed by atoms with Gasteiger partial charge in [-0.25, -0.2) is 9.59 Å². The number of hydrogen-bond donors (Lipinski definition) is 1. The molecule has 0 saturated heterocycles. The van der Waals surface area contributed by atoms with E-state index in [1.807, 2.05) is 5.32 Å². The van der Waals surface area contributed by atoms with Gasteiger partial charge in [-0.3, -0.25) is 15.4 Å². The standard InChI is InChI=1S/C14H13F3N2O6/c1-7(2)11(12(20)24-3)25-13(21)18-9-5-4-8(14(15,16)17)6-10(9)19(22)23/h4-6,11H,1H2,2-3H3,(H,18,21). The number of nitrogens with one attached hydrogen (secondary N) is 1. The van der Waals surface area contributed by atoms with Gasteiger partial charge >= 0.3 is 18.2 Å². The minimum Gasteiger partial charge on any atom is -0.466 e. The Morgan fingerprint density at radius 2 is 1.96 bits per heavy atom. The molecule has 11 heteroatoms. The van der Waals surface area contributed by atoms with Crippen LogP contribution in [0.1, 0.15) is 12.5 Å². The molecule has 0 aromatic heterocycles. The van der Waals surface area contributed by atoms with Crippen molar-refractivity contribution in [3.05, 3.63) is 46.0 Å². The highest BCUT2D eigenvalue weighted by Gasteiger charge is 2.33. The molecule has 0 bridgehead atoms. The second-order valence-corrected chi connectivity index (χ2v) is 4.77. The van der Waals surface area contributed by atoms with Crippen molar-refractivity contribution < 1.29 is 37.2 Å². The molecule has 0 aliphatic carbocycles. The maximum absolute atomic E-state index is 12.6. The number of benzene rings is 1. The molecule has 0 spiro atoms. The molecule has 1 unspecified atom stereocenters. The summed E-state index contributed by atoms with van der Waals surface area (Å²) in [5.41, 5.74) is -2.67. The highest BCUT2D eigenvalue weighted by atomic mass is 19.4. The van der Waals surface area contributed by atoms with E-state index in [2.05, 4.69) is 11.3 Å². The highest BCUT2D eigenvalue weighted by Crippen LogP contribution is 2.35. The second kappa shape index (κ2) is 7.64. The molecule has 1 N–H and O–H groups in total. The van der Waals surface area contributed by atoms with Crippen LogP contribution in [0.5, 0.6) is 0 Å². The molecular weight excluding hydrogens is 349 g/mol. The number of halogens is 3. The van der Waals surface area contributed by atoms with Crippen LogP contribution in [0.2, 0.25) is 0 Å². The average molecular weight is 362 g/mol. The first kappa shape index (κ1) is 19.9. The van der Waals surface area contributed by atoms with Crippen LogP contribution in [0.25, 0.3) is 0 Å². The van der Waals surface area contributed by atoms with Gasteiger partial charge in [0.25, 0.3) is 5.69 Å². The second-order valence-electron chi connectivity index (χ2n) is 4.77. The number of amides is 1. The van der Waals surface area contributed by atoms with Gasteiger partial charge < -0.3 is 9.47 Å². The van der Waals surface area contributed by atoms with Crippen LogP contribution in [0.3, 0.4) is 0 Å². The average Bonchev–Trinajstić information content (AvgIpc) is 2.50. The Hall–Kier alpha value is -3.11. The molecular formula is C14H13F3N2O6. The van der Waals surface area contributed by atoms with Gasteiger partial charge in [-0.05, 0) is 24.6 Å². The Kier molecular flexibility index (Phi) is 6.09. The summed E-state index contributed by atoms with van der Waals surface area (Å²) in [5.74, 6) is -0.940. The number of hydrogen-bond acceptors (Lipinski definition) is 6. The first-order chi connectivity index (χ1) is 11.5. The van der Waals surface area contributed by atoms with Gasteiger partial charge in [0.2, 0.25) is 6.10 Å². The number of nitro benzene ring substituents is 1. The van der Waals surface area contributed by atoms with Crippen LogP contribution in [0.4, 0.5) is 29.3 Å². The van der Waals surface area contributed by atoms with E-state index in [0.29, 0.717) is 12.1 Å². The number of anilines is 1. The molecule has 0 heterocycles. The fourth-order valence-corrected chi connectivity index (χ4v) is 1.67. The third-order valence-electron chi connectivity index (χ3n) is 2.85. The molecule has 8 nitrogen and oxygen atoms in total. The first-order valence-electron chi connectivity index (χ1n) is 6.54. The van der Waals surface area contributed by atoms with Crippen LogP contribution in [-0.4, -0.2) is 30.2 Å². The zero-order valence-electron chi connectivity index (χ0n) is 13.0. The Labute approximate surface area is 139 Å². The zero-order valence-corrected chi connectivity index (χ0v) is 13.0. The van der Waals surface area contributed by atoms with E-state index in [1.54, 1.807) is 0 Å². The molecule has 0 aliphatic rings. The summed E-state index contributed by atoms with van der Waals surface area (Å²) < 4.78 is 47.0. The van der Waals surface area contributed by atoms with E-state index >= 15 is 0 Å². The van der Waals surface area contributed by atoms with Crippen LogP contribution < -0.4 is 5.32 Å². The minimum absolute atomic E-state index is 0.115. The summed E-state index contributed by atoms with van der Waals surface area (Å²) in [6.45, 7) is 4.80. The molecule has 0 aliphatic heterocycles. The Morgan fingerprint density at radius 1 is 1.36 bits per heavy atom. The van der Waals surface area contributed by atoms with Crippen molar-refractivity contribution in [1.29, 1.82) is 0 Å². The van der Waals surface area contributed by atoms with Crippen molar-refractivity contribution in [1.82, 2.24) is 0 Å². The van der Waals surface area contributed by atoms with E-state index in [-0.39, 0.29) is 11.6 Å². The lowest BCUT2D eigenvalue weighted by Gasteiger charge is -2.16. The molecule has 25 heavy (non-hydrogen) atoms. The number of rotatable bonds is 5. The van der Waals surface area contributed by atoms with Crippen LogP contribution in [0, 0.1) is 10.1 Å². The fraction of sp³-hybridized carbons (Fsp3) is 0.286. The van der Waals surface area contributed by atoms with Crippen molar-refractivity contribution in [2.75, 3.05) is 12.4 Å². The summed E-state index contributed by atoms with van der Waals surface area (Å²) in [5, 5.41) is 12.8. The predicted octanol–water partition coefficient (Wildman–Crippen LogP) is 3.28. The number of carbonyl (C=O) groups is 2. The number of esters is 1. The van der Waals surface area contributed by atoms with Gasteiger partial charge in [0, 0.05) is 6.07 Å². The zero-order chi connectivity index (χ0) is 19.4. The van der Waals surface area contributed by atoms with Gasteiger partial charge in [0.15, 0.2) is 0 Å². The molecule has 0 radical (unpaired) electrons. The van der Waals surface area contributed by atoms with Gasteiger partial charge in [-0.1, -0.05) is 6.58 Å². The summed E-state index contributed by atoms with van der Waals surface area (Å²) in [7, 11) is 1.04. The maximum atomic E-state index is 12.6. The summed E-state index contributed by atoms with van der Waals surface area (Å²) in [6.07, 6.45) is -7.57. The summed E-state index contributed by atoms with van der Waals surface area (Å²) in [6, 6.07) is 1.53. The van der Waals surface area contributed by atoms with Crippen LogP contribution in [-0.2, 0) is 20.4 Å². The van der Waals surface area contributed by atoms with Crippen molar-refractivity contribution in [3.63, 3.8) is 0 Å². The smallest absolute Gasteiger partial charge is 0.416 e. The number of methoxy groups -OCH3 is 1. The number of nitrogens with zero attached hydrogens (tertiary/aromatic N) is 1. The number of carbonyl (C=O) groups excluding carboxylic acids is 2. The van der Waals surface area contributed by atoms with Gasteiger partial charge in [0.1, 0.15) is 5.69 Å². The van der Waals surface area contributed by atoms with E-state index in [4.69, 9.17) is 4.74 Å². The topological polar surface area (TPSA) is 108 Å².